The van der Waals surface area contributed by atoms with E-state index in [1.54, 1.807) is 44.6 Å². The van der Waals surface area contributed by atoms with Crippen LogP contribution in [0.1, 0.15) is 15.9 Å². The lowest BCUT2D eigenvalue weighted by Gasteiger charge is -2.23. The van der Waals surface area contributed by atoms with Gasteiger partial charge in [0.1, 0.15) is 11.5 Å². The van der Waals surface area contributed by atoms with Gasteiger partial charge < -0.3 is 19.5 Å². The Morgan fingerprint density at radius 3 is 2.60 bits per heavy atom. The number of carbonyl (C=O) groups excluding carboxylic acids is 1. The van der Waals surface area contributed by atoms with E-state index in [1.807, 2.05) is 6.07 Å². The average molecular weight is 429 g/mol. The Morgan fingerprint density at radius 2 is 1.96 bits per heavy atom. The molecule has 0 unspecified atom stereocenters. The molecular weight excluding hydrogens is 410 g/mol. The Hall–Kier alpha value is -1.76. The first kappa shape index (κ1) is 19.6. The molecule has 0 bridgehead atoms. The molecule has 2 aromatic rings. The fourth-order valence-corrected chi connectivity index (χ4v) is 2.95. The number of aliphatic hydroxyl groups is 1. The Bertz CT molecular complexity index is 754. The molecule has 0 aliphatic heterocycles. The zero-order chi connectivity index (χ0) is 18.4. The van der Waals surface area contributed by atoms with Gasteiger partial charge in [-0.05, 0) is 30.3 Å². The van der Waals surface area contributed by atoms with E-state index in [9.17, 15) is 9.90 Å². The molecule has 1 N–H and O–H groups in total. The van der Waals surface area contributed by atoms with Crippen molar-refractivity contribution >= 4 is 33.4 Å². The van der Waals surface area contributed by atoms with E-state index in [0.29, 0.717) is 22.1 Å². The molecule has 5 nitrogen and oxygen atoms in total. The molecule has 0 saturated carbocycles. The molecule has 0 saturated heterocycles. The van der Waals surface area contributed by atoms with Crippen LogP contribution in [0.2, 0.25) is 5.02 Å². The number of amides is 1. The van der Waals surface area contributed by atoms with Gasteiger partial charge in [-0.1, -0.05) is 27.5 Å². The average Bonchev–Trinajstić information content (AvgIpc) is 2.63. The number of methoxy groups -OCH3 is 2. The molecular formula is C18H19BrClNO4. The molecule has 134 valence electrons. The van der Waals surface area contributed by atoms with Crippen molar-refractivity contribution < 1.29 is 19.4 Å². The highest BCUT2D eigenvalue weighted by atomic mass is 79.9. The molecule has 0 fully saturated rings. The Balaban J connectivity index is 2.32. The number of carbonyl (C=O) groups is 1. The van der Waals surface area contributed by atoms with Gasteiger partial charge in [0, 0.05) is 29.2 Å². The number of rotatable bonds is 7. The van der Waals surface area contributed by atoms with E-state index in [2.05, 4.69) is 15.9 Å². The van der Waals surface area contributed by atoms with E-state index in [4.69, 9.17) is 21.1 Å². The molecule has 0 radical (unpaired) electrons. The second-order valence-corrected chi connectivity index (χ2v) is 6.58. The maximum Gasteiger partial charge on any atom is 0.255 e. The lowest BCUT2D eigenvalue weighted by atomic mass is 10.1. The molecule has 1 amide bonds. The van der Waals surface area contributed by atoms with E-state index in [0.717, 1.165) is 10.0 Å². The Labute approximate surface area is 160 Å². The fraction of sp³-hybridized carbons (Fsp3) is 0.278. The number of hydrogen-bond acceptors (Lipinski definition) is 4. The van der Waals surface area contributed by atoms with E-state index in [-0.39, 0.29) is 25.6 Å². The van der Waals surface area contributed by atoms with Crippen molar-refractivity contribution in [1.82, 2.24) is 4.90 Å². The summed E-state index contributed by atoms with van der Waals surface area (Å²) < 4.78 is 11.3. The first-order chi connectivity index (χ1) is 12.0. The summed E-state index contributed by atoms with van der Waals surface area (Å²) in [6, 6.07) is 10.5. The highest BCUT2D eigenvalue weighted by Crippen LogP contribution is 2.27. The van der Waals surface area contributed by atoms with E-state index < -0.39 is 0 Å². The van der Waals surface area contributed by atoms with Gasteiger partial charge in [-0.3, -0.25) is 4.79 Å². The van der Waals surface area contributed by atoms with Gasteiger partial charge in [0.25, 0.3) is 5.91 Å². The highest BCUT2D eigenvalue weighted by molar-refractivity contribution is 9.10. The topological polar surface area (TPSA) is 59.0 Å². The van der Waals surface area contributed by atoms with Crippen molar-refractivity contribution in [3.05, 3.63) is 57.0 Å². The molecule has 0 aliphatic carbocycles. The van der Waals surface area contributed by atoms with Crippen LogP contribution in [0.5, 0.6) is 11.5 Å². The summed E-state index contributed by atoms with van der Waals surface area (Å²) in [7, 11) is 3.13. The molecule has 2 aromatic carbocycles. The molecule has 2 rings (SSSR count). The minimum absolute atomic E-state index is 0.157. The quantitative estimate of drug-likeness (QED) is 0.729. The minimum atomic E-state index is -0.266. The summed E-state index contributed by atoms with van der Waals surface area (Å²) >= 11 is 9.51. The fourth-order valence-electron chi connectivity index (χ4n) is 2.39. The van der Waals surface area contributed by atoms with Crippen molar-refractivity contribution in [2.24, 2.45) is 0 Å². The summed E-state index contributed by atoms with van der Waals surface area (Å²) in [6.45, 7) is 0.294. The van der Waals surface area contributed by atoms with Crippen molar-refractivity contribution in [3.63, 3.8) is 0 Å². The first-order valence-corrected chi connectivity index (χ1v) is 8.73. The zero-order valence-electron chi connectivity index (χ0n) is 14.0. The van der Waals surface area contributed by atoms with Gasteiger partial charge in [0.2, 0.25) is 0 Å². The van der Waals surface area contributed by atoms with Gasteiger partial charge in [0.05, 0.1) is 31.4 Å². The monoisotopic (exact) mass is 427 g/mol. The maximum absolute atomic E-state index is 12.9. The van der Waals surface area contributed by atoms with Gasteiger partial charge in [-0.25, -0.2) is 0 Å². The van der Waals surface area contributed by atoms with Crippen LogP contribution in [0, 0.1) is 0 Å². The Kier molecular flexibility index (Phi) is 7.11. The van der Waals surface area contributed by atoms with E-state index in [1.165, 1.54) is 4.90 Å². The van der Waals surface area contributed by atoms with Crippen LogP contribution in [0.15, 0.2) is 40.9 Å². The first-order valence-electron chi connectivity index (χ1n) is 7.56. The van der Waals surface area contributed by atoms with Gasteiger partial charge in [-0.2, -0.15) is 0 Å². The third kappa shape index (κ3) is 4.87. The third-order valence-corrected chi connectivity index (χ3v) is 4.49. The van der Waals surface area contributed by atoms with Crippen LogP contribution < -0.4 is 9.47 Å². The largest absolute Gasteiger partial charge is 0.497 e. The van der Waals surface area contributed by atoms with Crippen LogP contribution in [0.25, 0.3) is 0 Å². The van der Waals surface area contributed by atoms with Crippen LogP contribution in [0.3, 0.4) is 0 Å². The van der Waals surface area contributed by atoms with Crippen LogP contribution in [0.4, 0.5) is 0 Å². The number of benzene rings is 2. The lowest BCUT2D eigenvalue weighted by molar-refractivity contribution is 0.0706. The molecule has 25 heavy (non-hydrogen) atoms. The third-order valence-electron chi connectivity index (χ3n) is 3.67. The smallest absolute Gasteiger partial charge is 0.255 e. The maximum atomic E-state index is 12.9. The predicted octanol–water partition coefficient (Wildman–Crippen LogP) is 3.75. The van der Waals surface area contributed by atoms with Crippen molar-refractivity contribution in [2.45, 2.75) is 6.54 Å². The van der Waals surface area contributed by atoms with Crippen LogP contribution in [-0.4, -0.2) is 43.3 Å². The summed E-state index contributed by atoms with van der Waals surface area (Å²) in [4.78, 5) is 14.4. The van der Waals surface area contributed by atoms with E-state index >= 15 is 0 Å². The van der Waals surface area contributed by atoms with Crippen molar-refractivity contribution in [3.8, 4) is 11.5 Å². The summed E-state index contributed by atoms with van der Waals surface area (Å²) in [5.74, 6) is 1.00. The number of halogens is 2. The van der Waals surface area contributed by atoms with Crippen molar-refractivity contribution in [2.75, 3.05) is 27.4 Å². The highest BCUT2D eigenvalue weighted by Gasteiger charge is 2.20. The summed E-state index contributed by atoms with van der Waals surface area (Å²) in [6.07, 6.45) is 0. The number of ether oxygens (including phenoxy) is 2. The standard InChI is InChI=1S/C18H19BrClNO4/c1-24-14-5-3-12(17(10-14)25-2)11-21(7-8-22)18(23)15-9-13(19)4-6-16(15)20/h3-6,9-10,22H,7-8,11H2,1-2H3. The number of nitrogens with zero attached hydrogens (tertiary/aromatic N) is 1. The molecule has 0 aromatic heterocycles. The molecule has 7 heteroatoms. The zero-order valence-corrected chi connectivity index (χ0v) is 16.3. The van der Waals surface area contributed by atoms with Gasteiger partial charge in [-0.15, -0.1) is 0 Å². The SMILES string of the molecule is COc1ccc(CN(CCO)C(=O)c2cc(Br)ccc2Cl)c(OC)c1. The van der Waals surface area contributed by atoms with Crippen molar-refractivity contribution in [1.29, 1.82) is 0 Å². The summed E-state index contributed by atoms with van der Waals surface area (Å²) in [5.41, 5.74) is 1.17. The minimum Gasteiger partial charge on any atom is -0.497 e. The molecule has 0 aliphatic rings. The summed E-state index contributed by atoms with van der Waals surface area (Å²) in [5, 5.41) is 9.71. The van der Waals surface area contributed by atoms with Crippen LogP contribution in [-0.2, 0) is 6.54 Å². The number of aliphatic hydroxyl groups excluding tert-OH is 1. The normalized spacial score (nSPS) is 10.4. The number of hydrogen-bond donors (Lipinski definition) is 1. The second-order valence-electron chi connectivity index (χ2n) is 5.25. The molecule has 0 atom stereocenters. The second kappa shape index (κ2) is 9.08. The van der Waals surface area contributed by atoms with Crippen LogP contribution >= 0.6 is 27.5 Å². The lowest BCUT2D eigenvalue weighted by Crippen LogP contribution is -2.33. The Morgan fingerprint density at radius 1 is 1.20 bits per heavy atom. The molecule has 0 spiro atoms. The van der Waals surface area contributed by atoms with Gasteiger partial charge in [0.15, 0.2) is 0 Å². The van der Waals surface area contributed by atoms with Gasteiger partial charge >= 0.3 is 0 Å². The predicted molar refractivity (Wildman–Crippen MR) is 101 cm³/mol. The molecule has 0 heterocycles.